The number of likely N-dealkylation sites (N-methyl/N-ethyl adjacent to an activating group) is 1. The Morgan fingerprint density at radius 1 is 0.900 bits per heavy atom. The number of aliphatic imine (C=N–C) groups is 1. The molecule has 50 heavy (non-hydrogen) atoms. The minimum absolute atomic E-state index is 0.204. The lowest BCUT2D eigenvalue weighted by Crippen LogP contribution is -2.54. The number of nitrogens with one attached hydrogen (secondary N) is 2. The zero-order valence-electron chi connectivity index (χ0n) is 31.5. The standard InChI is InChI=1S/C36H64N7O6P/c1-27(22-43(7)32-30(38-6)31(37)39-25-40-32)49-26-50(46,41-35(2,3)33(44)47-23-28-18-14-10-8-11-15-19-28)42-36(4,5)34(45)48-24-29-20-16-12-9-13-17-21-29/h25,27-29H,6,8-24,26H2,1-5,7H3,(H2,37,39,40)(H2,41,42,46)/t27-/m1/s1. The lowest BCUT2D eigenvalue weighted by Gasteiger charge is -2.36. The molecule has 4 N–H and O–H groups in total. The molecule has 1 heterocycles. The molecule has 0 bridgehead atoms. The van der Waals surface area contributed by atoms with Crippen LogP contribution in [0, 0.1) is 11.8 Å². The predicted molar refractivity (Wildman–Crippen MR) is 200 cm³/mol. The van der Waals surface area contributed by atoms with E-state index in [1.807, 2.05) is 6.92 Å². The highest BCUT2D eigenvalue weighted by Crippen LogP contribution is 2.42. The van der Waals surface area contributed by atoms with Crippen LogP contribution < -0.4 is 20.8 Å². The van der Waals surface area contributed by atoms with Gasteiger partial charge < -0.3 is 24.8 Å². The van der Waals surface area contributed by atoms with Gasteiger partial charge in [-0.2, -0.15) is 0 Å². The minimum Gasteiger partial charge on any atom is -0.464 e. The van der Waals surface area contributed by atoms with E-state index in [1.54, 1.807) is 39.6 Å². The first-order valence-corrected chi connectivity index (χ1v) is 20.5. The first kappa shape index (κ1) is 41.8. The summed E-state index contributed by atoms with van der Waals surface area (Å²) in [5.41, 5.74) is 3.62. The molecule has 2 saturated carbocycles. The number of hydrogen-bond donors (Lipinski definition) is 3. The van der Waals surface area contributed by atoms with Crippen LogP contribution in [0.1, 0.15) is 125 Å². The van der Waals surface area contributed by atoms with Crippen LogP contribution >= 0.6 is 7.44 Å². The molecular weight excluding hydrogens is 657 g/mol. The molecule has 0 unspecified atom stereocenters. The van der Waals surface area contributed by atoms with E-state index in [9.17, 15) is 14.2 Å². The number of carbonyl (C=O) groups is 2. The van der Waals surface area contributed by atoms with Crippen molar-refractivity contribution in [3.8, 4) is 0 Å². The summed E-state index contributed by atoms with van der Waals surface area (Å²) >= 11 is 0. The number of nitrogens with zero attached hydrogens (tertiary/aromatic N) is 4. The molecule has 2 fully saturated rings. The van der Waals surface area contributed by atoms with Crippen molar-refractivity contribution in [3.05, 3.63) is 6.33 Å². The number of anilines is 2. The van der Waals surface area contributed by atoms with Gasteiger partial charge >= 0.3 is 11.9 Å². The van der Waals surface area contributed by atoms with E-state index >= 15 is 0 Å². The molecule has 0 amide bonds. The van der Waals surface area contributed by atoms with Crippen LogP contribution in [0.25, 0.3) is 0 Å². The number of nitrogen functional groups attached to an aromatic ring is 1. The molecule has 0 saturated heterocycles. The first-order valence-electron chi connectivity index (χ1n) is 18.6. The first-order chi connectivity index (χ1) is 23.7. The van der Waals surface area contributed by atoms with Gasteiger partial charge in [0.05, 0.1) is 19.3 Å². The van der Waals surface area contributed by atoms with Gasteiger partial charge in [-0.25, -0.2) is 20.1 Å². The zero-order valence-corrected chi connectivity index (χ0v) is 32.4. The third kappa shape index (κ3) is 13.5. The molecule has 13 nitrogen and oxygen atoms in total. The van der Waals surface area contributed by atoms with E-state index in [2.05, 4.69) is 31.9 Å². The van der Waals surface area contributed by atoms with Crippen molar-refractivity contribution in [1.29, 1.82) is 0 Å². The third-order valence-corrected chi connectivity index (χ3v) is 12.1. The molecule has 2 aliphatic carbocycles. The summed E-state index contributed by atoms with van der Waals surface area (Å²) in [7, 11) is -2.01. The van der Waals surface area contributed by atoms with Crippen LogP contribution in [-0.4, -0.2) is 79.0 Å². The van der Waals surface area contributed by atoms with Crippen molar-refractivity contribution in [2.24, 2.45) is 16.8 Å². The Balaban J connectivity index is 1.72. The molecule has 1 atom stereocenters. The van der Waals surface area contributed by atoms with Crippen LogP contribution in [0.5, 0.6) is 0 Å². The highest BCUT2D eigenvalue weighted by molar-refractivity contribution is 7.59. The topological polar surface area (TPSA) is 170 Å². The van der Waals surface area contributed by atoms with Crippen molar-refractivity contribution >= 4 is 43.4 Å². The Labute approximate surface area is 300 Å². The SMILES string of the molecule is C=Nc1c(N)ncnc1N(C)C[C@@H](C)OCP(=O)(NC(C)(C)C(=O)OCC1CCCCCCC1)NC(C)(C)C(=O)OCC1CCCCCCC1. The fourth-order valence-corrected chi connectivity index (χ4v) is 9.46. The average molecular weight is 722 g/mol. The van der Waals surface area contributed by atoms with Crippen molar-refractivity contribution < 1.29 is 28.4 Å². The smallest absolute Gasteiger partial charge is 0.326 e. The zero-order chi connectivity index (χ0) is 36.8. The monoisotopic (exact) mass is 721 g/mol. The van der Waals surface area contributed by atoms with E-state index in [0.29, 0.717) is 43.1 Å². The fourth-order valence-electron chi connectivity index (χ4n) is 6.82. The van der Waals surface area contributed by atoms with Crippen molar-refractivity contribution in [3.63, 3.8) is 0 Å². The summed E-state index contributed by atoms with van der Waals surface area (Å²) in [5, 5.41) is 6.08. The summed E-state index contributed by atoms with van der Waals surface area (Å²) in [5.74, 6) is 0.290. The quantitative estimate of drug-likeness (QED) is 0.0863. The van der Waals surface area contributed by atoms with E-state index in [1.165, 1.54) is 44.9 Å². The Bertz CT molecular complexity index is 1220. The number of esters is 2. The van der Waals surface area contributed by atoms with Gasteiger partial charge in [0, 0.05) is 13.6 Å². The van der Waals surface area contributed by atoms with Gasteiger partial charge in [0.1, 0.15) is 29.4 Å². The summed E-state index contributed by atoms with van der Waals surface area (Å²) in [4.78, 5) is 41.0. The van der Waals surface area contributed by atoms with Gasteiger partial charge in [0.15, 0.2) is 11.6 Å². The molecule has 0 radical (unpaired) electrons. The number of aromatic nitrogens is 2. The molecular formula is C36H64N7O6P. The van der Waals surface area contributed by atoms with Crippen LogP contribution in [0.15, 0.2) is 11.3 Å². The van der Waals surface area contributed by atoms with Gasteiger partial charge in [-0.3, -0.25) is 19.1 Å². The lowest BCUT2D eigenvalue weighted by atomic mass is 9.92. The maximum absolute atomic E-state index is 14.8. The molecule has 2 aliphatic rings. The number of nitrogens with two attached hydrogens (primary N) is 1. The molecule has 14 heteroatoms. The summed E-state index contributed by atoms with van der Waals surface area (Å²) in [6.45, 7) is 13.0. The largest absolute Gasteiger partial charge is 0.464 e. The highest BCUT2D eigenvalue weighted by Gasteiger charge is 2.43. The van der Waals surface area contributed by atoms with E-state index in [4.69, 9.17) is 19.9 Å². The van der Waals surface area contributed by atoms with Gasteiger partial charge in [-0.1, -0.05) is 64.2 Å². The second-order valence-electron chi connectivity index (χ2n) is 15.4. The number of hydrogen-bond acceptors (Lipinski definition) is 11. The fraction of sp³-hybridized carbons (Fsp3) is 0.806. The van der Waals surface area contributed by atoms with Crippen LogP contribution in [-0.2, 0) is 28.4 Å². The molecule has 0 aliphatic heterocycles. The number of ether oxygens (including phenoxy) is 3. The number of rotatable bonds is 17. The van der Waals surface area contributed by atoms with Crippen LogP contribution in [0.4, 0.5) is 17.3 Å². The molecule has 0 spiro atoms. The van der Waals surface area contributed by atoms with Gasteiger partial charge in [0.25, 0.3) is 0 Å². The van der Waals surface area contributed by atoms with E-state index < -0.39 is 36.6 Å². The Kier molecular flexibility index (Phi) is 16.6. The Morgan fingerprint density at radius 3 is 1.78 bits per heavy atom. The highest BCUT2D eigenvalue weighted by atomic mass is 31.2. The summed E-state index contributed by atoms with van der Waals surface area (Å²) in [6.07, 6.45) is 16.6. The van der Waals surface area contributed by atoms with Gasteiger partial charge in [-0.15, -0.1) is 0 Å². The summed E-state index contributed by atoms with van der Waals surface area (Å²) < 4.78 is 32.6. The average Bonchev–Trinajstić information content (AvgIpc) is 3.01. The normalized spacial score (nSPS) is 18.2. The number of carbonyl (C=O) groups excluding carboxylic acids is 2. The summed E-state index contributed by atoms with van der Waals surface area (Å²) in [6, 6.07) is 0. The third-order valence-electron chi connectivity index (χ3n) is 9.71. The molecule has 0 aromatic carbocycles. The lowest BCUT2D eigenvalue weighted by molar-refractivity contribution is -0.151. The molecule has 284 valence electrons. The van der Waals surface area contributed by atoms with Crippen molar-refractivity contribution in [2.75, 3.05) is 43.8 Å². The van der Waals surface area contributed by atoms with Crippen molar-refractivity contribution in [1.82, 2.24) is 20.1 Å². The Hall–Kier alpha value is -2.60. The second-order valence-corrected chi connectivity index (χ2v) is 17.6. The maximum Gasteiger partial charge on any atom is 0.326 e. The second kappa shape index (κ2) is 19.9. The maximum atomic E-state index is 14.8. The van der Waals surface area contributed by atoms with Gasteiger partial charge in [-0.05, 0) is 78.9 Å². The molecule has 1 aromatic heterocycles. The Morgan fingerprint density at radius 2 is 1.34 bits per heavy atom. The van der Waals surface area contributed by atoms with Gasteiger partial charge in [0.2, 0.25) is 7.44 Å². The van der Waals surface area contributed by atoms with E-state index in [0.717, 1.165) is 51.4 Å². The minimum atomic E-state index is -3.82. The van der Waals surface area contributed by atoms with E-state index in [-0.39, 0.29) is 12.2 Å². The molecule has 1 aromatic rings. The van der Waals surface area contributed by atoms with Crippen LogP contribution in [0.2, 0.25) is 0 Å². The van der Waals surface area contributed by atoms with Crippen LogP contribution in [0.3, 0.4) is 0 Å². The predicted octanol–water partition coefficient (Wildman–Crippen LogP) is 6.93. The van der Waals surface area contributed by atoms with Crippen molar-refractivity contribution in [2.45, 2.75) is 142 Å². The molecule has 3 rings (SSSR count).